The molecule has 112 valence electrons. The lowest BCUT2D eigenvalue weighted by Crippen LogP contribution is -2.15. The molecule has 0 bridgehead atoms. The smallest absolute Gasteiger partial charge is 0.335 e. The topological polar surface area (TPSA) is 110 Å². The van der Waals surface area contributed by atoms with Gasteiger partial charge in [0.25, 0.3) is 10.0 Å². The number of anilines is 1. The van der Waals surface area contributed by atoms with E-state index in [0.29, 0.717) is 11.3 Å². The largest absolute Gasteiger partial charge is 0.478 e. The lowest BCUT2D eigenvalue weighted by Gasteiger charge is -2.10. The fraction of sp³-hybridized carbons (Fsp3) is 0.231. The van der Waals surface area contributed by atoms with Gasteiger partial charge < -0.3 is 9.63 Å². The molecular formula is C13H14N2O5S. The first-order valence-electron chi connectivity index (χ1n) is 6.02. The average molecular weight is 310 g/mol. The van der Waals surface area contributed by atoms with Crippen LogP contribution in [0.3, 0.4) is 0 Å². The molecule has 7 nitrogen and oxygen atoms in total. The highest BCUT2D eigenvalue weighted by Crippen LogP contribution is 2.24. The minimum atomic E-state index is -3.84. The van der Waals surface area contributed by atoms with E-state index < -0.39 is 16.0 Å². The van der Waals surface area contributed by atoms with Gasteiger partial charge in [0.05, 0.1) is 11.3 Å². The Labute approximate surface area is 121 Å². The molecule has 0 unspecified atom stereocenters. The van der Waals surface area contributed by atoms with Gasteiger partial charge in [0.1, 0.15) is 5.69 Å². The Morgan fingerprint density at radius 1 is 1.29 bits per heavy atom. The number of rotatable bonds is 4. The van der Waals surface area contributed by atoms with Crippen molar-refractivity contribution in [3.63, 3.8) is 0 Å². The van der Waals surface area contributed by atoms with Gasteiger partial charge in [-0.1, -0.05) is 5.16 Å². The van der Waals surface area contributed by atoms with Crippen LogP contribution < -0.4 is 4.72 Å². The number of nitrogens with one attached hydrogen (secondary N) is 1. The van der Waals surface area contributed by atoms with E-state index >= 15 is 0 Å². The first kappa shape index (κ1) is 15.0. The molecule has 0 amide bonds. The molecule has 0 saturated heterocycles. The van der Waals surface area contributed by atoms with Crippen molar-refractivity contribution in [3.05, 3.63) is 40.8 Å². The van der Waals surface area contributed by atoms with Gasteiger partial charge in [-0.25, -0.2) is 13.2 Å². The van der Waals surface area contributed by atoms with Crippen molar-refractivity contribution in [3.8, 4) is 0 Å². The van der Waals surface area contributed by atoms with E-state index in [1.54, 1.807) is 6.92 Å². The summed E-state index contributed by atoms with van der Waals surface area (Å²) < 4.78 is 32.0. The summed E-state index contributed by atoms with van der Waals surface area (Å²) in [6.45, 7) is 4.66. The Kier molecular flexibility index (Phi) is 3.73. The highest BCUT2D eigenvalue weighted by molar-refractivity contribution is 7.92. The molecule has 0 saturated carbocycles. The number of aromatic nitrogens is 1. The van der Waals surface area contributed by atoms with Gasteiger partial charge in [-0.15, -0.1) is 0 Å². The summed E-state index contributed by atoms with van der Waals surface area (Å²) in [6.07, 6.45) is 0. The van der Waals surface area contributed by atoms with Gasteiger partial charge in [0, 0.05) is 0 Å². The first-order valence-corrected chi connectivity index (χ1v) is 7.50. The van der Waals surface area contributed by atoms with Crippen molar-refractivity contribution in [2.75, 3.05) is 4.72 Å². The van der Waals surface area contributed by atoms with Gasteiger partial charge >= 0.3 is 5.97 Å². The quantitative estimate of drug-likeness (QED) is 0.895. The summed E-state index contributed by atoms with van der Waals surface area (Å²) in [6, 6.07) is 4.14. The third-order valence-corrected chi connectivity index (χ3v) is 4.56. The van der Waals surface area contributed by atoms with Crippen LogP contribution in [0.5, 0.6) is 0 Å². The Bertz CT molecular complexity index is 788. The molecular weight excluding hydrogens is 296 g/mol. The van der Waals surface area contributed by atoms with Crippen LogP contribution in [0.4, 0.5) is 5.69 Å². The summed E-state index contributed by atoms with van der Waals surface area (Å²) in [5.74, 6) is -0.877. The van der Waals surface area contributed by atoms with Crippen molar-refractivity contribution >= 4 is 21.7 Å². The number of nitrogens with zero attached hydrogens (tertiary/aromatic N) is 1. The zero-order chi connectivity index (χ0) is 15.8. The molecule has 1 heterocycles. The van der Waals surface area contributed by atoms with Crippen molar-refractivity contribution in [2.45, 2.75) is 25.7 Å². The number of sulfonamides is 1. The second kappa shape index (κ2) is 5.21. The monoisotopic (exact) mass is 310 g/mol. The molecule has 8 heteroatoms. The Morgan fingerprint density at radius 3 is 2.43 bits per heavy atom. The Morgan fingerprint density at radius 2 is 1.95 bits per heavy atom. The predicted octanol–water partition coefficient (Wildman–Crippen LogP) is 2.10. The zero-order valence-electron chi connectivity index (χ0n) is 11.7. The minimum Gasteiger partial charge on any atom is -0.478 e. The molecule has 0 aliphatic carbocycles. The van der Waals surface area contributed by atoms with Gasteiger partial charge in [-0.05, 0) is 44.5 Å². The minimum absolute atomic E-state index is 0.00999. The summed E-state index contributed by atoms with van der Waals surface area (Å²) >= 11 is 0. The van der Waals surface area contributed by atoms with Crippen molar-refractivity contribution < 1.29 is 22.8 Å². The molecule has 1 aromatic carbocycles. The fourth-order valence-electron chi connectivity index (χ4n) is 1.97. The highest BCUT2D eigenvalue weighted by atomic mass is 32.2. The average Bonchev–Trinajstić information content (AvgIpc) is 2.71. The van der Waals surface area contributed by atoms with Crippen LogP contribution >= 0.6 is 0 Å². The van der Waals surface area contributed by atoms with E-state index in [1.165, 1.54) is 32.0 Å². The molecule has 0 aliphatic heterocycles. The lowest BCUT2D eigenvalue weighted by molar-refractivity contribution is 0.0697. The van der Waals surface area contributed by atoms with Crippen LogP contribution in [0.2, 0.25) is 0 Å². The first-order chi connectivity index (χ1) is 9.72. The van der Waals surface area contributed by atoms with Crippen LogP contribution in [-0.4, -0.2) is 24.7 Å². The Hall–Kier alpha value is -2.35. The summed E-state index contributed by atoms with van der Waals surface area (Å²) in [7, 11) is -3.84. The highest BCUT2D eigenvalue weighted by Gasteiger charge is 2.24. The van der Waals surface area contributed by atoms with E-state index in [-0.39, 0.29) is 21.9 Å². The molecule has 1 aromatic heterocycles. The summed E-state index contributed by atoms with van der Waals surface area (Å²) in [5, 5.41) is 12.5. The molecule has 0 atom stereocenters. The van der Waals surface area contributed by atoms with E-state index in [2.05, 4.69) is 9.88 Å². The fourth-order valence-corrected chi connectivity index (χ4v) is 3.43. The van der Waals surface area contributed by atoms with Crippen molar-refractivity contribution in [1.29, 1.82) is 0 Å². The molecule has 2 rings (SSSR count). The van der Waals surface area contributed by atoms with Crippen LogP contribution in [0.1, 0.15) is 27.4 Å². The number of aryl methyl sites for hydroxylation is 3. The van der Waals surface area contributed by atoms with Gasteiger partial charge in [0.2, 0.25) is 0 Å². The normalized spacial score (nSPS) is 11.4. The molecule has 0 spiro atoms. The van der Waals surface area contributed by atoms with Gasteiger partial charge in [-0.3, -0.25) is 4.72 Å². The van der Waals surface area contributed by atoms with E-state index in [0.717, 1.165) is 0 Å². The Balaban J connectivity index is 2.40. The SMILES string of the molecule is Cc1cc(C(=O)O)ccc1NS(=O)(=O)c1c(C)noc1C. The van der Waals surface area contributed by atoms with Crippen LogP contribution in [0.15, 0.2) is 27.6 Å². The van der Waals surface area contributed by atoms with E-state index in [4.69, 9.17) is 9.63 Å². The maximum Gasteiger partial charge on any atom is 0.335 e. The predicted molar refractivity (Wildman–Crippen MR) is 74.9 cm³/mol. The second-order valence-corrected chi connectivity index (χ2v) is 6.21. The maximum absolute atomic E-state index is 12.3. The van der Waals surface area contributed by atoms with Gasteiger partial charge in [-0.2, -0.15) is 0 Å². The number of benzene rings is 1. The van der Waals surface area contributed by atoms with E-state index in [9.17, 15) is 13.2 Å². The summed E-state index contributed by atoms with van der Waals surface area (Å²) in [4.78, 5) is 10.9. The zero-order valence-corrected chi connectivity index (χ0v) is 12.5. The number of aromatic carboxylic acids is 1. The third kappa shape index (κ3) is 2.89. The standard InChI is InChI=1S/C13H14N2O5S/c1-7-6-10(13(16)17)4-5-11(7)15-21(18,19)12-8(2)14-20-9(12)3/h4-6,15H,1-3H3,(H,16,17). The molecule has 0 aliphatic rings. The van der Waals surface area contributed by atoms with Crippen LogP contribution in [0.25, 0.3) is 0 Å². The van der Waals surface area contributed by atoms with Crippen LogP contribution in [-0.2, 0) is 10.0 Å². The molecule has 2 aromatic rings. The number of carboxylic acid groups (broad SMARTS) is 1. The lowest BCUT2D eigenvalue weighted by atomic mass is 10.1. The van der Waals surface area contributed by atoms with E-state index in [1.807, 2.05) is 0 Å². The molecule has 2 N–H and O–H groups in total. The third-order valence-electron chi connectivity index (χ3n) is 2.95. The summed E-state index contributed by atoms with van der Waals surface area (Å²) in [5.41, 5.74) is 1.16. The molecule has 0 radical (unpaired) electrons. The maximum atomic E-state index is 12.3. The van der Waals surface area contributed by atoms with Gasteiger partial charge in [0.15, 0.2) is 10.7 Å². The number of hydrogen-bond acceptors (Lipinski definition) is 5. The molecule has 0 fully saturated rings. The number of hydrogen-bond donors (Lipinski definition) is 2. The molecule has 21 heavy (non-hydrogen) atoms. The number of carbonyl (C=O) groups is 1. The number of carboxylic acids is 1. The van der Waals surface area contributed by atoms with Crippen molar-refractivity contribution in [2.24, 2.45) is 0 Å². The second-order valence-electron chi connectivity index (χ2n) is 4.59. The van der Waals surface area contributed by atoms with Crippen LogP contribution in [0, 0.1) is 20.8 Å². The van der Waals surface area contributed by atoms with Crippen molar-refractivity contribution in [1.82, 2.24) is 5.16 Å².